The summed E-state index contributed by atoms with van der Waals surface area (Å²) in [5, 5.41) is 0. The third-order valence-electron chi connectivity index (χ3n) is 7.69. The fourth-order valence-corrected chi connectivity index (χ4v) is 5.30. The molecule has 2 aromatic carbocycles. The molecule has 0 nitrogen and oxygen atoms in total. The van der Waals surface area contributed by atoms with Crippen molar-refractivity contribution in [2.75, 3.05) is 0 Å². The van der Waals surface area contributed by atoms with E-state index in [9.17, 15) is 0 Å². The van der Waals surface area contributed by atoms with Crippen molar-refractivity contribution >= 4 is 0 Å². The Hall–Kier alpha value is -1.56. The molecule has 0 amide bonds. The van der Waals surface area contributed by atoms with Crippen molar-refractivity contribution in [1.82, 2.24) is 0 Å². The molecule has 0 heteroatoms. The van der Waals surface area contributed by atoms with E-state index in [1.54, 1.807) is 33.4 Å². The van der Waals surface area contributed by atoms with Crippen LogP contribution in [0.15, 0.2) is 36.4 Å². The lowest BCUT2D eigenvalue weighted by Gasteiger charge is -2.19. The van der Waals surface area contributed by atoms with Gasteiger partial charge in [0.2, 0.25) is 0 Å². The van der Waals surface area contributed by atoms with E-state index in [1.807, 2.05) is 0 Å². The molecule has 0 aromatic heterocycles. The largest absolute Gasteiger partial charge is 0.0625 e. The van der Waals surface area contributed by atoms with Gasteiger partial charge in [-0.2, -0.15) is 0 Å². The van der Waals surface area contributed by atoms with Crippen LogP contribution in [0, 0.1) is 5.92 Å². The molecule has 2 aromatic rings. The molecule has 0 unspecified atom stereocenters. The lowest BCUT2D eigenvalue weighted by molar-refractivity contribution is 0.434. The van der Waals surface area contributed by atoms with Gasteiger partial charge in [-0.05, 0) is 90.7 Å². The Labute approximate surface area is 185 Å². The molecule has 0 spiro atoms. The Balaban J connectivity index is 0.956. The molecule has 0 heterocycles. The topological polar surface area (TPSA) is 0 Å². The second kappa shape index (κ2) is 11.2. The van der Waals surface area contributed by atoms with E-state index in [-0.39, 0.29) is 0 Å². The van der Waals surface area contributed by atoms with Gasteiger partial charge in [0.05, 0.1) is 0 Å². The van der Waals surface area contributed by atoms with Gasteiger partial charge in [0.15, 0.2) is 0 Å². The van der Waals surface area contributed by atoms with Crippen molar-refractivity contribution in [1.29, 1.82) is 0 Å². The fraction of sp³-hybridized carbons (Fsp3) is 0.600. The number of hydrogen-bond acceptors (Lipinski definition) is 0. The van der Waals surface area contributed by atoms with Crippen molar-refractivity contribution in [3.63, 3.8) is 0 Å². The van der Waals surface area contributed by atoms with Crippen molar-refractivity contribution in [2.45, 2.75) is 110 Å². The minimum atomic E-state index is 0.922. The number of fused-ring (bicyclic) bond motifs is 2. The van der Waals surface area contributed by atoms with Crippen LogP contribution in [0.5, 0.6) is 0 Å². The highest BCUT2D eigenvalue weighted by Crippen LogP contribution is 2.26. The van der Waals surface area contributed by atoms with Gasteiger partial charge in [-0.3, -0.25) is 0 Å². The van der Waals surface area contributed by atoms with Crippen LogP contribution >= 0.6 is 0 Å². The fourth-order valence-electron chi connectivity index (χ4n) is 5.30. The molecule has 2 aliphatic carbocycles. The zero-order valence-corrected chi connectivity index (χ0v) is 19.4. The smallest absolute Gasteiger partial charge is 0.0235 e. The second-order valence-electron chi connectivity index (χ2n) is 10.2. The monoisotopic (exact) mass is 402 g/mol. The first-order valence-electron chi connectivity index (χ1n) is 13.0. The van der Waals surface area contributed by atoms with Gasteiger partial charge in [0.1, 0.15) is 0 Å². The number of rotatable bonds is 14. The van der Waals surface area contributed by atoms with Gasteiger partial charge in [0, 0.05) is 0 Å². The number of hydrogen-bond donors (Lipinski definition) is 0. The van der Waals surface area contributed by atoms with Crippen LogP contribution in [0.25, 0.3) is 0 Å². The molecule has 0 bridgehead atoms. The summed E-state index contributed by atoms with van der Waals surface area (Å²) < 4.78 is 0. The minimum absolute atomic E-state index is 0.922. The SMILES string of the molecule is CC(CCCCCCc1ccc2c(c1)CC2)CCCCCCc1ccc2c(c1)CC2. The average Bonchev–Trinajstić information content (AvgIpc) is 2.70. The van der Waals surface area contributed by atoms with E-state index < -0.39 is 0 Å². The number of unbranched alkanes of at least 4 members (excludes halogenated alkanes) is 6. The van der Waals surface area contributed by atoms with Gasteiger partial charge < -0.3 is 0 Å². The van der Waals surface area contributed by atoms with E-state index in [1.165, 1.54) is 103 Å². The molecule has 2 aliphatic rings. The standard InChI is InChI=1S/C30H42/c1-24(10-6-2-4-8-12-25-14-16-27-18-20-29(27)22-25)11-7-3-5-9-13-26-15-17-28-19-21-30(28)23-26/h14-17,22-24H,2-13,18-21H2,1H3. The van der Waals surface area contributed by atoms with Gasteiger partial charge in [-0.25, -0.2) is 0 Å². The maximum atomic E-state index is 2.48. The first-order chi connectivity index (χ1) is 14.8. The second-order valence-corrected chi connectivity index (χ2v) is 10.2. The van der Waals surface area contributed by atoms with E-state index in [2.05, 4.69) is 43.3 Å². The molecule has 162 valence electrons. The van der Waals surface area contributed by atoms with Crippen LogP contribution in [-0.2, 0) is 38.5 Å². The van der Waals surface area contributed by atoms with Crippen molar-refractivity contribution < 1.29 is 0 Å². The number of aryl methyl sites for hydroxylation is 6. The summed E-state index contributed by atoms with van der Waals surface area (Å²) in [5.74, 6) is 0.922. The average molecular weight is 403 g/mol. The Kier molecular flexibility index (Phi) is 8.07. The van der Waals surface area contributed by atoms with Gasteiger partial charge in [0.25, 0.3) is 0 Å². The highest BCUT2D eigenvalue weighted by atomic mass is 14.2. The summed E-state index contributed by atoms with van der Waals surface area (Å²) in [5.41, 5.74) is 9.57. The summed E-state index contributed by atoms with van der Waals surface area (Å²) in [6, 6.07) is 14.4. The molecular formula is C30H42. The third-order valence-corrected chi connectivity index (χ3v) is 7.69. The lowest BCUT2D eigenvalue weighted by Crippen LogP contribution is -2.08. The van der Waals surface area contributed by atoms with Crippen LogP contribution in [0.1, 0.15) is 105 Å². The Morgan fingerprint density at radius 1 is 0.533 bits per heavy atom. The highest BCUT2D eigenvalue weighted by molar-refractivity contribution is 5.39. The molecule has 0 N–H and O–H groups in total. The summed E-state index contributed by atoms with van der Waals surface area (Å²) in [7, 11) is 0. The van der Waals surface area contributed by atoms with Gasteiger partial charge in [-0.1, -0.05) is 94.7 Å². The van der Waals surface area contributed by atoms with Crippen molar-refractivity contribution in [3.8, 4) is 0 Å². The quantitative estimate of drug-likeness (QED) is 0.279. The molecule has 0 atom stereocenters. The van der Waals surface area contributed by atoms with Gasteiger partial charge in [-0.15, -0.1) is 0 Å². The molecule has 0 saturated carbocycles. The summed E-state index contributed by atoms with van der Waals surface area (Å²) in [6.07, 6.45) is 22.0. The molecule has 4 rings (SSSR count). The lowest BCUT2D eigenvalue weighted by atomic mass is 9.86. The van der Waals surface area contributed by atoms with Crippen LogP contribution in [0.2, 0.25) is 0 Å². The van der Waals surface area contributed by atoms with E-state index in [4.69, 9.17) is 0 Å². The summed E-state index contributed by atoms with van der Waals surface area (Å²) in [6.45, 7) is 2.48. The van der Waals surface area contributed by atoms with Crippen LogP contribution < -0.4 is 0 Å². The van der Waals surface area contributed by atoms with Crippen LogP contribution in [-0.4, -0.2) is 0 Å². The number of benzene rings is 2. The van der Waals surface area contributed by atoms with E-state index in [0.717, 1.165) is 5.92 Å². The minimum Gasteiger partial charge on any atom is -0.0625 e. The molecule has 0 aliphatic heterocycles. The third kappa shape index (κ3) is 6.22. The summed E-state index contributed by atoms with van der Waals surface area (Å²) in [4.78, 5) is 0. The Morgan fingerprint density at radius 2 is 0.967 bits per heavy atom. The van der Waals surface area contributed by atoms with Crippen LogP contribution in [0.3, 0.4) is 0 Å². The van der Waals surface area contributed by atoms with E-state index in [0.29, 0.717) is 0 Å². The van der Waals surface area contributed by atoms with Crippen LogP contribution in [0.4, 0.5) is 0 Å². The molecule has 0 fully saturated rings. The molecule has 30 heavy (non-hydrogen) atoms. The highest BCUT2D eigenvalue weighted by Gasteiger charge is 2.13. The van der Waals surface area contributed by atoms with Gasteiger partial charge >= 0.3 is 0 Å². The molecule has 0 radical (unpaired) electrons. The maximum Gasteiger partial charge on any atom is -0.0235 e. The molecular weight excluding hydrogens is 360 g/mol. The zero-order valence-electron chi connectivity index (χ0n) is 19.4. The first-order valence-corrected chi connectivity index (χ1v) is 13.0. The first kappa shape index (κ1) is 21.7. The van der Waals surface area contributed by atoms with E-state index >= 15 is 0 Å². The molecule has 0 saturated heterocycles. The zero-order chi connectivity index (χ0) is 20.6. The van der Waals surface area contributed by atoms with Crippen molar-refractivity contribution in [2.24, 2.45) is 5.92 Å². The summed E-state index contributed by atoms with van der Waals surface area (Å²) >= 11 is 0. The maximum absolute atomic E-state index is 2.48. The predicted molar refractivity (Wildman–Crippen MR) is 130 cm³/mol. The Bertz CT molecular complexity index is 732. The normalized spacial score (nSPS) is 14.2. The van der Waals surface area contributed by atoms with Crippen molar-refractivity contribution in [3.05, 3.63) is 69.8 Å². The Morgan fingerprint density at radius 3 is 1.37 bits per heavy atom. The predicted octanol–water partition coefficient (Wildman–Crippen LogP) is 8.21.